The Hall–Kier alpha value is -4.21. The summed E-state index contributed by atoms with van der Waals surface area (Å²) in [6.45, 7) is 1.83. The van der Waals surface area contributed by atoms with Gasteiger partial charge in [0.15, 0.2) is 0 Å². The number of benzene rings is 2. The van der Waals surface area contributed by atoms with Gasteiger partial charge in [0.05, 0.1) is 11.6 Å². The van der Waals surface area contributed by atoms with E-state index < -0.39 is 0 Å². The lowest BCUT2D eigenvalue weighted by molar-refractivity contribution is 0.0522. The van der Waals surface area contributed by atoms with E-state index in [0.717, 1.165) is 61.1 Å². The van der Waals surface area contributed by atoms with Crippen molar-refractivity contribution in [3.8, 4) is 0 Å². The first kappa shape index (κ1) is 26.0. The smallest absolute Gasteiger partial charge is 0.325 e. The lowest BCUT2D eigenvalue weighted by Crippen LogP contribution is -2.42. The normalized spacial score (nSPS) is 17.0. The number of amides is 2. The summed E-state index contributed by atoms with van der Waals surface area (Å²) in [5.74, 6) is 0.262. The maximum absolute atomic E-state index is 13.1. The van der Waals surface area contributed by atoms with Crippen molar-refractivity contribution in [1.82, 2.24) is 19.8 Å². The molecule has 2 aromatic heterocycles. The molecular formula is C31H34N6O3. The third-order valence-corrected chi connectivity index (χ3v) is 8.34. The number of fused-ring (bicyclic) bond motifs is 1. The van der Waals surface area contributed by atoms with Gasteiger partial charge >= 0.3 is 6.03 Å². The molecule has 1 aliphatic carbocycles. The molecule has 0 unspecified atom stereocenters. The molecule has 40 heavy (non-hydrogen) atoms. The van der Waals surface area contributed by atoms with E-state index in [0.29, 0.717) is 11.4 Å². The number of aliphatic hydroxyl groups excluding tert-OH is 1. The number of hydrogen-bond acceptors (Lipinski definition) is 6. The van der Waals surface area contributed by atoms with Crippen LogP contribution < -0.4 is 15.5 Å². The molecule has 1 saturated carbocycles. The zero-order valence-electron chi connectivity index (χ0n) is 22.8. The van der Waals surface area contributed by atoms with Crippen molar-refractivity contribution in [1.29, 1.82) is 0 Å². The zero-order chi connectivity index (χ0) is 27.9. The maximum Gasteiger partial charge on any atom is 0.325 e. The largest absolute Gasteiger partial charge is 0.393 e. The van der Waals surface area contributed by atoms with Crippen LogP contribution in [0.1, 0.15) is 41.6 Å². The highest BCUT2D eigenvalue weighted by atomic mass is 16.3. The lowest BCUT2D eigenvalue weighted by Gasteiger charge is -2.37. The summed E-state index contributed by atoms with van der Waals surface area (Å²) in [5, 5.41) is 16.4. The van der Waals surface area contributed by atoms with Gasteiger partial charge in [0.25, 0.3) is 5.91 Å². The van der Waals surface area contributed by atoms with Crippen molar-refractivity contribution >= 4 is 40.0 Å². The molecule has 6 rings (SSSR count). The Morgan fingerprint density at radius 3 is 2.42 bits per heavy atom. The number of aliphatic hydroxyl groups is 1. The van der Waals surface area contributed by atoms with E-state index in [-0.39, 0.29) is 23.6 Å². The molecule has 2 fully saturated rings. The molecule has 9 heteroatoms. The Kier molecular flexibility index (Phi) is 6.77. The van der Waals surface area contributed by atoms with E-state index in [1.165, 1.54) is 5.56 Å². The van der Waals surface area contributed by atoms with Crippen LogP contribution >= 0.6 is 0 Å². The number of nitrogens with zero attached hydrogens (tertiary/aromatic N) is 4. The molecule has 2 aromatic carbocycles. The maximum atomic E-state index is 13.1. The van der Waals surface area contributed by atoms with Crippen LogP contribution in [-0.2, 0) is 5.54 Å². The number of carbonyl (C=O) groups excluding carboxylic acids is 2. The standard InChI is InChI=1S/C31H34N6O3/c1-32-30(40)37-18-10-22-19-24(7-8-27(22)37)35(2)25-9-15-33-28(20-25)34-29(39)21-3-5-23(6-4-21)31(13-14-31)36-16-11-26(38)12-17-36/h3-10,15,18-20,26,38H,11-14,16-17H2,1-2H3,(H,32,40)(H,33,34,39). The van der Waals surface area contributed by atoms with Crippen LogP contribution in [0.5, 0.6) is 0 Å². The summed E-state index contributed by atoms with van der Waals surface area (Å²) in [5.41, 5.74) is 4.52. The summed E-state index contributed by atoms with van der Waals surface area (Å²) >= 11 is 0. The molecule has 1 saturated heterocycles. The van der Waals surface area contributed by atoms with Crippen molar-refractivity contribution < 1.29 is 14.7 Å². The molecule has 0 bridgehead atoms. The molecule has 0 radical (unpaired) electrons. The Morgan fingerprint density at radius 2 is 1.73 bits per heavy atom. The summed E-state index contributed by atoms with van der Waals surface area (Å²) in [6.07, 6.45) is 7.13. The monoisotopic (exact) mass is 538 g/mol. The predicted molar refractivity (Wildman–Crippen MR) is 156 cm³/mol. The van der Waals surface area contributed by atoms with Gasteiger partial charge in [-0.1, -0.05) is 12.1 Å². The van der Waals surface area contributed by atoms with Crippen LogP contribution in [0, 0.1) is 0 Å². The van der Waals surface area contributed by atoms with Gasteiger partial charge in [0.1, 0.15) is 5.82 Å². The zero-order valence-corrected chi connectivity index (χ0v) is 22.8. The highest BCUT2D eigenvalue weighted by Crippen LogP contribution is 2.51. The third-order valence-electron chi connectivity index (χ3n) is 8.34. The predicted octanol–water partition coefficient (Wildman–Crippen LogP) is 4.69. The highest BCUT2D eigenvalue weighted by Gasteiger charge is 2.49. The number of pyridine rings is 1. The van der Waals surface area contributed by atoms with Crippen LogP contribution in [0.25, 0.3) is 10.9 Å². The number of piperidine rings is 1. The van der Waals surface area contributed by atoms with Crippen LogP contribution in [0.2, 0.25) is 0 Å². The first-order valence-electron chi connectivity index (χ1n) is 13.8. The fraction of sp³-hybridized carbons (Fsp3) is 0.323. The molecule has 206 valence electrons. The average Bonchev–Trinajstić information content (AvgIpc) is 3.69. The average molecular weight is 539 g/mol. The van der Waals surface area contributed by atoms with Crippen LogP contribution in [0.15, 0.2) is 73.1 Å². The Morgan fingerprint density at radius 1 is 1.00 bits per heavy atom. The Bertz CT molecular complexity index is 1550. The van der Waals surface area contributed by atoms with Crippen LogP contribution in [0.4, 0.5) is 22.0 Å². The van der Waals surface area contributed by atoms with Gasteiger partial charge in [-0.3, -0.25) is 14.3 Å². The number of nitrogens with one attached hydrogen (secondary N) is 2. The van der Waals surface area contributed by atoms with E-state index >= 15 is 0 Å². The van der Waals surface area contributed by atoms with Gasteiger partial charge in [0.2, 0.25) is 0 Å². The molecule has 2 aliphatic rings. The summed E-state index contributed by atoms with van der Waals surface area (Å²) < 4.78 is 1.58. The Labute approximate surface area is 233 Å². The van der Waals surface area contributed by atoms with Crippen molar-refractivity contribution in [2.75, 3.05) is 37.4 Å². The molecule has 3 N–H and O–H groups in total. The number of carbonyl (C=O) groups is 2. The van der Waals surface area contributed by atoms with Crippen molar-refractivity contribution in [2.24, 2.45) is 0 Å². The van der Waals surface area contributed by atoms with Crippen LogP contribution in [-0.4, -0.2) is 64.8 Å². The van der Waals surface area contributed by atoms with Crippen molar-refractivity contribution in [3.05, 3.63) is 84.2 Å². The van der Waals surface area contributed by atoms with Gasteiger partial charge in [-0.15, -0.1) is 0 Å². The SMILES string of the molecule is CNC(=O)n1ccc2cc(N(C)c3ccnc(NC(=O)c4ccc(C5(N6CCC(O)CC6)CC5)cc4)c3)ccc21. The van der Waals surface area contributed by atoms with E-state index in [1.807, 2.05) is 60.5 Å². The first-order valence-corrected chi connectivity index (χ1v) is 13.8. The van der Waals surface area contributed by atoms with Gasteiger partial charge in [-0.25, -0.2) is 9.78 Å². The van der Waals surface area contributed by atoms with E-state index in [1.54, 1.807) is 24.0 Å². The fourth-order valence-electron chi connectivity index (χ4n) is 5.80. The molecule has 2 amide bonds. The summed E-state index contributed by atoms with van der Waals surface area (Å²) in [7, 11) is 3.56. The van der Waals surface area contributed by atoms with E-state index in [4.69, 9.17) is 0 Å². The molecular weight excluding hydrogens is 504 g/mol. The van der Waals surface area contributed by atoms with E-state index in [2.05, 4.69) is 32.7 Å². The minimum atomic E-state index is -0.207. The van der Waals surface area contributed by atoms with Crippen LogP contribution in [0.3, 0.4) is 0 Å². The minimum absolute atomic E-state index is 0.0592. The molecule has 1 aliphatic heterocycles. The fourth-order valence-corrected chi connectivity index (χ4v) is 5.80. The molecule has 3 heterocycles. The topological polar surface area (TPSA) is 103 Å². The number of hydrogen-bond donors (Lipinski definition) is 3. The first-order chi connectivity index (χ1) is 19.4. The van der Waals surface area contributed by atoms with E-state index in [9.17, 15) is 14.7 Å². The van der Waals surface area contributed by atoms with Crippen molar-refractivity contribution in [2.45, 2.75) is 37.3 Å². The number of aromatic nitrogens is 2. The third kappa shape index (κ3) is 4.82. The quantitative estimate of drug-likeness (QED) is 0.329. The molecule has 0 spiro atoms. The molecule has 4 aromatic rings. The number of anilines is 3. The van der Waals surface area contributed by atoms with Gasteiger partial charge in [-0.05, 0) is 73.7 Å². The second-order valence-corrected chi connectivity index (χ2v) is 10.7. The second-order valence-electron chi connectivity index (χ2n) is 10.7. The van der Waals surface area contributed by atoms with Gasteiger partial charge in [0, 0.05) is 73.5 Å². The van der Waals surface area contributed by atoms with Gasteiger partial charge in [-0.2, -0.15) is 0 Å². The number of rotatable bonds is 6. The lowest BCUT2D eigenvalue weighted by atomic mass is 9.97. The van der Waals surface area contributed by atoms with Gasteiger partial charge < -0.3 is 20.6 Å². The number of likely N-dealkylation sites (tertiary alicyclic amines) is 1. The molecule has 9 nitrogen and oxygen atoms in total. The summed E-state index contributed by atoms with van der Waals surface area (Å²) in [6, 6.07) is 19.3. The Balaban J connectivity index is 1.14. The highest BCUT2D eigenvalue weighted by molar-refractivity contribution is 6.04. The molecule has 0 atom stereocenters. The van der Waals surface area contributed by atoms with Crippen molar-refractivity contribution in [3.63, 3.8) is 0 Å². The minimum Gasteiger partial charge on any atom is -0.393 e. The second kappa shape index (κ2) is 10.4. The summed E-state index contributed by atoms with van der Waals surface area (Å²) in [4.78, 5) is 34.0.